The Morgan fingerprint density at radius 1 is 1.20 bits per heavy atom. The first-order chi connectivity index (χ1) is 19.5. The lowest BCUT2D eigenvalue weighted by molar-refractivity contribution is -0.0856. The highest BCUT2D eigenvalue weighted by atomic mass is 19.1. The molecule has 5 heterocycles. The number of aryl methyl sites for hydroxylation is 1. The second-order valence-electron chi connectivity index (χ2n) is 12.1. The van der Waals surface area contributed by atoms with Crippen LogP contribution in [-0.2, 0) is 34.5 Å². The quantitative estimate of drug-likeness (QED) is 0.562. The van der Waals surface area contributed by atoms with E-state index < -0.39 is 11.8 Å². The average molecular weight is 549 g/mol. The Labute approximate surface area is 234 Å². The van der Waals surface area contributed by atoms with Crippen molar-refractivity contribution in [3.63, 3.8) is 0 Å². The second kappa shape index (κ2) is 10.1. The van der Waals surface area contributed by atoms with E-state index in [4.69, 9.17) is 29.9 Å². The largest absolute Gasteiger partial charge is 0.461 e. The van der Waals surface area contributed by atoms with Gasteiger partial charge in [-0.25, -0.2) is 4.39 Å². The molecule has 7 rings (SSSR count). The normalized spacial score (nSPS) is 31.4. The minimum Gasteiger partial charge on any atom is -0.461 e. The van der Waals surface area contributed by atoms with Crippen molar-refractivity contribution in [2.45, 2.75) is 81.4 Å². The molecule has 0 bridgehead atoms. The van der Waals surface area contributed by atoms with Crippen molar-refractivity contribution in [2.24, 2.45) is 0 Å². The lowest BCUT2D eigenvalue weighted by Gasteiger charge is -2.43. The van der Waals surface area contributed by atoms with Crippen molar-refractivity contribution in [3.05, 3.63) is 40.6 Å². The van der Waals surface area contributed by atoms with E-state index in [1.54, 1.807) is 0 Å². The zero-order valence-electron chi connectivity index (χ0n) is 22.9. The fourth-order valence-electron chi connectivity index (χ4n) is 7.70. The molecule has 0 radical (unpaired) electrons. The molecule has 2 N–H and O–H groups in total. The first-order valence-electron chi connectivity index (χ1n) is 14.7. The number of anilines is 2. The molecule has 4 unspecified atom stereocenters. The van der Waals surface area contributed by atoms with Crippen LogP contribution in [-0.4, -0.2) is 72.1 Å². The van der Waals surface area contributed by atoms with Crippen LogP contribution in [0, 0.1) is 11.3 Å². The van der Waals surface area contributed by atoms with E-state index in [0.29, 0.717) is 64.7 Å². The van der Waals surface area contributed by atoms with Gasteiger partial charge in [0.25, 0.3) is 0 Å². The third kappa shape index (κ3) is 4.48. The molecule has 1 aliphatic carbocycles. The molecule has 4 atom stereocenters. The lowest BCUT2D eigenvalue weighted by atomic mass is 9.74. The van der Waals surface area contributed by atoms with Crippen LogP contribution in [0.3, 0.4) is 0 Å². The Kier molecular flexibility index (Phi) is 6.56. The minimum absolute atomic E-state index is 0.177. The van der Waals surface area contributed by atoms with Crippen molar-refractivity contribution < 1.29 is 18.6 Å². The number of nitrogens with zero attached hydrogens (tertiary/aromatic N) is 5. The van der Waals surface area contributed by atoms with Crippen LogP contribution in [0.5, 0.6) is 6.01 Å². The maximum Gasteiger partial charge on any atom is 0.318 e. The third-order valence-corrected chi connectivity index (χ3v) is 9.64. The van der Waals surface area contributed by atoms with Gasteiger partial charge in [0.15, 0.2) is 0 Å². The third-order valence-electron chi connectivity index (χ3n) is 9.64. The SMILES string of the molecule is N#CCC1CN(c2nc(OCC34CCCN3CC(F)C4)nc3c2COC2(CCCc4ccc(N)cc42)C3)CCO1. The molecule has 9 nitrogen and oxygen atoms in total. The van der Waals surface area contributed by atoms with Crippen molar-refractivity contribution in [3.8, 4) is 12.1 Å². The van der Waals surface area contributed by atoms with Crippen LogP contribution in [0.15, 0.2) is 18.2 Å². The Morgan fingerprint density at radius 3 is 3.02 bits per heavy atom. The summed E-state index contributed by atoms with van der Waals surface area (Å²) in [5, 5.41) is 9.26. The van der Waals surface area contributed by atoms with Gasteiger partial charge in [0.05, 0.1) is 48.6 Å². The van der Waals surface area contributed by atoms with E-state index in [-0.39, 0.29) is 11.6 Å². The molecule has 0 amide bonds. The van der Waals surface area contributed by atoms with Crippen molar-refractivity contribution in [1.82, 2.24) is 14.9 Å². The van der Waals surface area contributed by atoms with Gasteiger partial charge in [0, 0.05) is 43.7 Å². The van der Waals surface area contributed by atoms with E-state index in [1.165, 1.54) is 5.56 Å². The van der Waals surface area contributed by atoms with Crippen LogP contribution in [0.2, 0.25) is 0 Å². The Hall–Kier alpha value is -3.00. The number of nitrogens with two attached hydrogens (primary N) is 1. The van der Waals surface area contributed by atoms with Gasteiger partial charge in [-0.2, -0.15) is 15.2 Å². The maximum atomic E-state index is 14.4. The van der Waals surface area contributed by atoms with Crippen molar-refractivity contribution in [2.75, 3.05) is 50.0 Å². The van der Waals surface area contributed by atoms with Crippen molar-refractivity contribution in [1.29, 1.82) is 5.26 Å². The van der Waals surface area contributed by atoms with Gasteiger partial charge in [-0.15, -0.1) is 0 Å². The molecule has 0 saturated carbocycles. The number of nitrogen functional groups attached to an aromatic ring is 1. The number of hydrogen-bond acceptors (Lipinski definition) is 9. The van der Waals surface area contributed by atoms with Gasteiger partial charge in [0.2, 0.25) is 0 Å². The Bertz CT molecular complexity index is 1340. The van der Waals surface area contributed by atoms with Crippen LogP contribution in [0.4, 0.5) is 15.9 Å². The number of nitriles is 1. The van der Waals surface area contributed by atoms with E-state index in [9.17, 15) is 9.65 Å². The fraction of sp³-hybridized carbons (Fsp3) is 0.633. The van der Waals surface area contributed by atoms with Gasteiger partial charge in [0.1, 0.15) is 18.6 Å². The standard InChI is InChI=1S/C30H37FN6O3/c31-21-14-29(7-2-10-37(29)16-21)19-39-28-34-26-15-30(8-1-3-20-4-5-22(33)13-25(20)30)40-18-24(26)27(35-28)36-11-12-38-23(17-36)6-9-32/h4-5,13,21,23H,1-3,6-8,10-12,14-19,33H2. The summed E-state index contributed by atoms with van der Waals surface area (Å²) < 4.78 is 33.4. The van der Waals surface area contributed by atoms with E-state index in [1.807, 2.05) is 6.07 Å². The molecule has 5 aliphatic rings. The smallest absolute Gasteiger partial charge is 0.318 e. The van der Waals surface area contributed by atoms with Crippen LogP contribution in [0.1, 0.15) is 60.9 Å². The number of aromatic nitrogens is 2. The number of morpholine rings is 1. The average Bonchev–Trinajstić information content (AvgIpc) is 3.48. The minimum atomic E-state index is -0.815. The number of rotatable bonds is 5. The van der Waals surface area contributed by atoms with Gasteiger partial charge in [-0.3, -0.25) is 4.90 Å². The molecule has 4 aliphatic heterocycles. The summed E-state index contributed by atoms with van der Waals surface area (Å²) >= 11 is 0. The van der Waals surface area contributed by atoms with E-state index in [2.05, 4.69) is 28.0 Å². The highest BCUT2D eigenvalue weighted by molar-refractivity contribution is 5.54. The maximum absolute atomic E-state index is 14.4. The number of fused-ring (bicyclic) bond motifs is 4. The molecule has 1 aromatic carbocycles. The molecular weight excluding hydrogens is 511 g/mol. The molecule has 3 saturated heterocycles. The van der Waals surface area contributed by atoms with Gasteiger partial charge in [-0.05, 0) is 61.9 Å². The van der Waals surface area contributed by atoms with E-state index >= 15 is 0 Å². The fourth-order valence-corrected chi connectivity index (χ4v) is 7.70. The summed E-state index contributed by atoms with van der Waals surface area (Å²) in [6.07, 6.45) is 5.38. The molecule has 1 spiro atoms. The molecular formula is C30H37FN6O3. The highest BCUT2D eigenvalue weighted by Gasteiger charge is 2.50. The zero-order chi connectivity index (χ0) is 27.3. The van der Waals surface area contributed by atoms with E-state index in [0.717, 1.165) is 67.0 Å². The molecule has 10 heteroatoms. The second-order valence-corrected chi connectivity index (χ2v) is 12.1. The Morgan fingerprint density at radius 2 is 2.12 bits per heavy atom. The van der Waals surface area contributed by atoms with Crippen LogP contribution in [0.25, 0.3) is 0 Å². The topological polar surface area (TPSA) is 110 Å². The van der Waals surface area contributed by atoms with Crippen LogP contribution >= 0.6 is 0 Å². The Balaban J connectivity index is 1.24. The number of hydrogen-bond donors (Lipinski definition) is 1. The van der Waals surface area contributed by atoms with Gasteiger partial charge >= 0.3 is 6.01 Å². The summed E-state index contributed by atoms with van der Waals surface area (Å²) in [4.78, 5) is 14.4. The predicted molar refractivity (Wildman–Crippen MR) is 147 cm³/mol. The van der Waals surface area contributed by atoms with Crippen LogP contribution < -0.4 is 15.4 Å². The summed E-state index contributed by atoms with van der Waals surface area (Å²) in [5.41, 5.74) is 10.5. The van der Waals surface area contributed by atoms with Crippen molar-refractivity contribution >= 4 is 11.5 Å². The van der Waals surface area contributed by atoms with Gasteiger partial charge in [-0.1, -0.05) is 6.07 Å². The summed E-state index contributed by atoms with van der Waals surface area (Å²) in [5.74, 6) is 0.792. The molecule has 2 aromatic rings. The summed E-state index contributed by atoms with van der Waals surface area (Å²) in [6, 6.07) is 8.72. The summed E-state index contributed by atoms with van der Waals surface area (Å²) in [7, 11) is 0. The first kappa shape index (κ1) is 25.9. The first-order valence-corrected chi connectivity index (χ1v) is 14.7. The number of halogens is 1. The summed E-state index contributed by atoms with van der Waals surface area (Å²) in [6.45, 7) is 3.92. The number of alkyl halides is 1. The molecule has 212 valence electrons. The lowest BCUT2D eigenvalue weighted by Crippen LogP contribution is -2.45. The highest BCUT2D eigenvalue weighted by Crippen LogP contribution is 2.47. The molecule has 3 fully saturated rings. The zero-order valence-corrected chi connectivity index (χ0v) is 22.9. The predicted octanol–water partition coefficient (Wildman–Crippen LogP) is 3.44. The number of benzene rings is 1. The number of ether oxygens (including phenoxy) is 3. The molecule has 1 aromatic heterocycles. The van der Waals surface area contributed by atoms with Gasteiger partial charge < -0.3 is 24.8 Å². The monoisotopic (exact) mass is 548 g/mol. The molecule has 40 heavy (non-hydrogen) atoms.